The first-order chi connectivity index (χ1) is 8.67. The summed E-state index contributed by atoms with van der Waals surface area (Å²) in [5.41, 5.74) is -0.990. The van der Waals surface area contributed by atoms with E-state index in [-0.39, 0.29) is 38.1 Å². The molecule has 0 radical (unpaired) electrons. The molecule has 19 heavy (non-hydrogen) atoms. The molecular formula is C11H12ClF5N2. The summed E-state index contributed by atoms with van der Waals surface area (Å²) in [6.07, 6.45) is -3.60. The molecule has 0 aromatic carbocycles. The first-order valence-electron chi connectivity index (χ1n) is 5.85. The van der Waals surface area contributed by atoms with Crippen molar-refractivity contribution in [1.82, 2.24) is 9.78 Å². The van der Waals surface area contributed by atoms with E-state index >= 15 is 0 Å². The fraction of sp³-hybridized carbons (Fsp3) is 0.727. The van der Waals surface area contributed by atoms with Crippen molar-refractivity contribution < 1.29 is 22.0 Å². The smallest absolute Gasteiger partial charge is 0.270 e. The van der Waals surface area contributed by atoms with E-state index in [0.717, 1.165) is 10.9 Å². The van der Waals surface area contributed by atoms with E-state index in [1.54, 1.807) is 0 Å². The summed E-state index contributed by atoms with van der Waals surface area (Å²) in [4.78, 5) is 0. The molecule has 2 nitrogen and oxygen atoms in total. The second-order valence-corrected chi connectivity index (χ2v) is 5.21. The largest absolute Gasteiger partial charge is 0.420 e. The molecule has 0 saturated heterocycles. The van der Waals surface area contributed by atoms with Gasteiger partial charge in [-0.2, -0.15) is 18.3 Å². The van der Waals surface area contributed by atoms with Gasteiger partial charge in [0.15, 0.2) is 5.15 Å². The molecule has 0 amide bonds. The van der Waals surface area contributed by atoms with Gasteiger partial charge in [0.25, 0.3) is 0 Å². The monoisotopic (exact) mass is 302 g/mol. The third kappa shape index (κ3) is 3.58. The molecule has 1 heterocycles. The Hall–Kier alpha value is -0.850. The summed E-state index contributed by atoms with van der Waals surface area (Å²) in [5.74, 6) is -2.73. The van der Waals surface area contributed by atoms with Gasteiger partial charge in [-0.1, -0.05) is 11.6 Å². The molecule has 0 N–H and O–H groups in total. The van der Waals surface area contributed by atoms with Gasteiger partial charge in [-0.05, 0) is 18.8 Å². The Morgan fingerprint density at radius 2 is 1.89 bits per heavy atom. The van der Waals surface area contributed by atoms with Crippen LogP contribution in [0.1, 0.15) is 31.2 Å². The zero-order valence-corrected chi connectivity index (χ0v) is 10.6. The minimum atomic E-state index is -4.55. The number of alkyl halides is 5. The molecule has 0 unspecified atom stereocenters. The standard InChI is InChI=1S/C11H12ClF5N2/c12-9-8(11(15,16)17)6-19(18-9)5-7-1-3-10(13,14)4-2-7/h6-7H,1-5H2. The van der Waals surface area contributed by atoms with Crippen molar-refractivity contribution in [2.75, 3.05) is 0 Å². The van der Waals surface area contributed by atoms with Crippen molar-refractivity contribution in [2.24, 2.45) is 5.92 Å². The molecule has 1 fully saturated rings. The topological polar surface area (TPSA) is 17.8 Å². The highest BCUT2D eigenvalue weighted by molar-refractivity contribution is 6.30. The fourth-order valence-corrected chi connectivity index (χ4v) is 2.48. The van der Waals surface area contributed by atoms with Gasteiger partial charge in [-0.3, -0.25) is 4.68 Å². The van der Waals surface area contributed by atoms with E-state index < -0.39 is 22.8 Å². The molecular weight excluding hydrogens is 291 g/mol. The molecule has 1 aromatic heterocycles. The van der Waals surface area contributed by atoms with Crippen molar-refractivity contribution in [3.63, 3.8) is 0 Å². The number of hydrogen-bond acceptors (Lipinski definition) is 1. The molecule has 0 aliphatic heterocycles. The maximum atomic E-state index is 12.9. The van der Waals surface area contributed by atoms with Gasteiger partial charge in [-0.15, -0.1) is 0 Å². The minimum Gasteiger partial charge on any atom is -0.270 e. The van der Waals surface area contributed by atoms with Crippen LogP contribution in [-0.2, 0) is 12.7 Å². The van der Waals surface area contributed by atoms with Gasteiger partial charge in [0, 0.05) is 25.6 Å². The van der Waals surface area contributed by atoms with Gasteiger partial charge >= 0.3 is 6.18 Å². The molecule has 1 aliphatic carbocycles. The highest BCUT2D eigenvalue weighted by atomic mass is 35.5. The van der Waals surface area contributed by atoms with Gasteiger partial charge in [0.05, 0.1) is 0 Å². The van der Waals surface area contributed by atoms with Crippen LogP contribution in [0.15, 0.2) is 6.20 Å². The van der Waals surface area contributed by atoms with Gasteiger partial charge < -0.3 is 0 Å². The third-order valence-electron chi connectivity index (χ3n) is 3.30. The van der Waals surface area contributed by atoms with Crippen LogP contribution in [0.4, 0.5) is 22.0 Å². The number of nitrogens with zero attached hydrogens (tertiary/aromatic N) is 2. The van der Waals surface area contributed by atoms with E-state index in [1.165, 1.54) is 0 Å². The first kappa shape index (κ1) is 14.6. The highest BCUT2D eigenvalue weighted by Crippen LogP contribution is 2.38. The van der Waals surface area contributed by atoms with Crippen LogP contribution in [0.5, 0.6) is 0 Å². The van der Waals surface area contributed by atoms with Crippen LogP contribution in [0, 0.1) is 5.92 Å². The fourth-order valence-electron chi connectivity index (χ4n) is 2.23. The lowest BCUT2D eigenvalue weighted by molar-refractivity contribution is -0.137. The number of aromatic nitrogens is 2. The molecule has 1 saturated carbocycles. The van der Waals surface area contributed by atoms with Crippen molar-refractivity contribution in [3.05, 3.63) is 16.9 Å². The number of rotatable bonds is 2. The number of hydrogen-bond donors (Lipinski definition) is 0. The Morgan fingerprint density at radius 1 is 1.32 bits per heavy atom. The predicted octanol–water partition coefficient (Wildman–Crippen LogP) is 4.38. The summed E-state index contributed by atoms with van der Waals surface area (Å²) in [5, 5.41) is 2.98. The van der Waals surface area contributed by atoms with Crippen LogP contribution in [-0.4, -0.2) is 15.7 Å². The zero-order valence-electron chi connectivity index (χ0n) is 9.85. The van der Waals surface area contributed by atoms with Crippen LogP contribution in [0.2, 0.25) is 5.15 Å². The van der Waals surface area contributed by atoms with Crippen LogP contribution >= 0.6 is 11.6 Å². The summed E-state index contributed by atoms with van der Waals surface area (Å²) in [6.45, 7) is 0.186. The van der Waals surface area contributed by atoms with Gasteiger partial charge in [-0.25, -0.2) is 8.78 Å². The van der Waals surface area contributed by atoms with E-state index in [1.807, 2.05) is 0 Å². The lowest BCUT2D eigenvalue weighted by atomic mass is 9.87. The van der Waals surface area contributed by atoms with Crippen LogP contribution in [0.25, 0.3) is 0 Å². The normalized spacial score (nSPS) is 20.7. The maximum absolute atomic E-state index is 12.9. The molecule has 0 atom stereocenters. The average Bonchev–Trinajstić information content (AvgIpc) is 2.62. The Balaban J connectivity index is 2.01. The van der Waals surface area contributed by atoms with Gasteiger partial charge in [0.1, 0.15) is 5.56 Å². The van der Waals surface area contributed by atoms with Gasteiger partial charge in [0.2, 0.25) is 5.92 Å². The zero-order chi connectivity index (χ0) is 14.3. The molecule has 0 bridgehead atoms. The molecule has 108 valence electrons. The SMILES string of the molecule is FC1(F)CCC(Cn2cc(C(F)(F)F)c(Cl)n2)CC1. The third-order valence-corrected chi connectivity index (χ3v) is 3.58. The summed E-state index contributed by atoms with van der Waals surface area (Å²) >= 11 is 5.42. The lowest BCUT2D eigenvalue weighted by Gasteiger charge is -2.28. The van der Waals surface area contributed by atoms with Crippen LogP contribution < -0.4 is 0 Å². The van der Waals surface area contributed by atoms with Crippen LogP contribution in [0.3, 0.4) is 0 Å². The predicted molar refractivity (Wildman–Crippen MR) is 59.1 cm³/mol. The quantitative estimate of drug-likeness (QED) is 0.741. The Bertz CT molecular complexity index is 444. The molecule has 1 aromatic rings. The van der Waals surface area contributed by atoms with E-state index in [2.05, 4.69) is 5.10 Å². The summed E-state index contributed by atoms with van der Waals surface area (Å²) in [6, 6.07) is 0. The highest BCUT2D eigenvalue weighted by Gasteiger charge is 2.37. The Morgan fingerprint density at radius 3 is 2.37 bits per heavy atom. The Labute approximate surface area is 111 Å². The minimum absolute atomic E-state index is 0.0864. The van der Waals surface area contributed by atoms with Crippen molar-refractivity contribution >= 4 is 11.6 Å². The lowest BCUT2D eigenvalue weighted by Crippen LogP contribution is -2.26. The molecule has 2 rings (SSSR count). The van der Waals surface area contributed by atoms with Crippen molar-refractivity contribution in [3.8, 4) is 0 Å². The molecule has 0 spiro atoms. The summed E-state index contributed by atoms with van der Waals surface area (Å²) in [7, 11) is 0. The van der Waals surface area contributed by atoms with Crippen molar-refractivity contribution in [2.45, 2.75) is 44.3 Å². The molecule has 8 heteroatoms. The summed E-state index contributed by atoms with van der Waals surface area (Å²) < 4.78 is 64.5. The molecule has 1 aliphatic rings. The van der Waals surface area contributed by atoms with E-state index in [9.17, 15) is 22.0 Å². The van der Waals surface area contributed by atoms with E-state index in [0.29, 0.717) is 0 Å². The second-order valence-electron chi connectivity index (χ2n) is 4.85. The number of halogens is 6. The van der Waals surface area contributed by atoms with E-state index in [4.69, 9.17) is 11.6 Å². The Kier molecular flexibility index (Phi) is 3.77. The van der Waals surface area contributed by atoms with Crippen molar-refractivity contribution in [1.29, 1.82) is 0 Å². The average molecular weight is 303 g/mol. The maximum Gasteiger partial charge on any atom is 0.420 e. The second kappa shape index (κ2) is 4.92. The first-order valence-corrected chi connectivity index (χ1v) is 6.23.